The van der Waals surface area contributed by atoms with Gasteiger partial charge >= 0.3 is 5.97 Å². The van der Waals surface area contributed by atoms with Crippen LogP contribution in [0.4, 0.5) is 0 Å². The van der Waals surface area contributed by atoms with Crippen LogP contribution in [-0.4, -0.2) is 12.6 Å². The SMILES string of the molecule is C=C(C(=O)OCC)c1ccc(Cl)cc1. The van der Waals surface area contributed by atoms with Crippen molar-refractivity contribution in [2.45, 2.75) is 6.92 Å². The fraction of sp³-hybridized carbons (Fsp3) is 0.182. The van der Waals surface area contributed by atoms with Crippen molar-refractivity contribution in [3.63, 3.8) is 0 Å². The average Bonchev–Trinajstić information content (AvgIpc) is 2.18. The van der Waals surface area contributed by atoms with Gasteiger partial charge in [-0.3, -0.25) is 0 Å². The fourth-order valence-corrected chi connectivity index (χ4v) is 1.11. The topological polar surface area (TPSA) is 26.3 Å². The third-order valence-electron chi connectivity index (χ3n) is 1.71. The Labute approximate surface area is 88.1 Å². The number of halogens is 1. The van der Waals surface area contributed by atoms with Crippen LogP contribution >= 0.6 is 11.6 Å². The van der Waals surface area contributed by atoms with E-state index in [0.717, 1.165) is 5.56 Å². The van der Waals surface area contributed by atoms with Crippen molar-refractivity contribution in [1.82, 2.24) is 0 Å². The molecule has 0 radical (unpaired) electrons. The van der Waals surface area contributed by atoms with Crippen LogP contribution in [0.25, 0.3) is 5.57 Å². The van der Waals surface area contributed by atoms with Gasteiger partial charge in [-0.15, -0.1) is 0 Å². The van der Waals surface area contributed by atoms with Gasteiger partial charge in [-0.05, 0) is 24.6 Å². The second kappa shape index (κ2) is 4.82. The van der Waals surface area contributed by atoms with Crippen molar-refractivity contribution in [3.05, 3.63) is 41.4 Å². The first-order chi connectivity index (χ1) is 6.65. The Hall–Kier alpha value is -1.28. The van der Waals surface area contributed by atoms with Gasteiger partial charge in [0.05, 0.1) is 12.2 Å². The number of esters is 1. The van der Waals surface area contributed by atoms with Gasteiger partial charge < -0.3 is 4.74 Å². The largest absolute Gasteiger partial charge is 0.462 e. The molecule has 3 heteroatoms. The molecular formula is C11H11ClO2. The van der Waals surface area contributed by atoms with E-state index < -0.39 is 5.97 Å². The fourth-order valence-electron chi connectivity index (χ4n) is 0.987. The molecule has 74 valence electrons. The first-order valence-electron chi connectivity index (χ1n) is 4.27. The van der Waals surface area contributed by atoms with E-state index in [-0.39, 0.29) is 0 Å². The van der Waals surface area contributed by atoms with E-state index in [4.69, 9.17) is 16.3 Å². The highest BCUT2D eigenvalue weighted by atomic mass is 35.5. The molecule has 0 aliphatic heterocycles. The van der Waals surface area contributed by atoms with E-state index in [2.05, 4.69) is 6.58 Å². The smallest absolute Gasteiger partial charge is 0.338 e. The normalized spacial score (nSPS) is 9.57. The first-order valence-corrected chi connectivity index (χ1v) is 4.65. The summed E-state index contributed by atoms with van der Waals surface area (Å²) in [6.45, 7) is 5.77. The van der Waals surface area contributed by atoms with Gasteiger partial charge in [0.15, 0.2) is 0 Å². The van der Waals surface area contributed by atoms with Crippen molar-refractivity contribution < 1.29 is 9.53 Å². The summed E-state index contributed by atoms with van der Waals surface area (Å²) in [6.07, 6.45) is 0. The summed E-state index contributed by atoms with van der Waals surface area (Å²) in [5.41, 5.74) is 1.08. The quantitative estimate of drug-likeness (QED) is 0.567. The number of hydrogen-bond donors (Lipinski definition) is 0. The third-order valence-corrected chi connectivity index (χ3v) is 1.97. The van der Waals surface area contributed by atoms with Gasteiger partial charge in [0.2, 0.25) is 0 Å². The molecule has 1 rings (SSSR count). The Balaban J connectivity index is 2.79. The van der Waals surface area contributed by atoms with Crippen molar-refractivity contribution in [2.24, 2.45) is 0 Å². The summed E-state index contributed by atoms with van der Waals surface area (Å²) < 4.78 is 4.82. The molecule has 0 N–H and O–H groups in total. The third kappa shape index (κ3) is 2.60. The number of hydrogen-bond acceptors (Lipinski definition) is 2. The Morgan fingerprint density at radius 2 is 2.00 bits per heavy atom. The average molecular weight is 211 g/mol. The standard InChI is InChI=1S/C11H11ClO2/c1-3-14-11(13)8(2)9-4-6-10(12)7-5-9/h4-7H,2-3H2,1H3. The van der Waals surface area contributed by atoms with Gasteiger partial charge in [0, 0.05) is 5.02 Å². The molecule has 0 saturated heterocycles. The second-order valence-electron chi connectivity index (χ2n) is 2.71. The Morgan fingerprint density at radius 1 is 1.43 bits per heavy atom. The number of carbonyl (C=O) groups is 1. The lowest BCUT2D eigenvalue weighted by Crippen LogP contribution is -2.05. The molecule has 0 spiro atoms. The molecule has 0 amide bonds. The van der Waals surface area contributed by atoms with Crippen LogP contribution in [-0.2, 0) is 9.53 Å². The molecule has 0 saturated carbocycles. The summed E-state index contributed by atoms with van der Waals surface area (Å²) in [6, 6.07) is 6.89. The molecule has 0 bridgehead atoms. The molecule has 0 heterocycles. The van der Waals surface area contributed by atoms with Gasteiger partial charge in [0.1, 0.15) is 0 Å². The van der Waals surface area contributed by atoms with Crippen LogP contribution in [0.1, 0.15) is 12.5 Å². The highest BCUT2D eigenvalue weighted by Gasteiger charge is 2.09. The number of ether oxygens (including phenoxy) is 1. The maximum atomic E-state index is 11.3. The molecule has 0 aromatic heterocycles. The number of rotatable bonds is 3. The Kier molecular flexibility index (Phi) is 3.72. The van der Waals surface area contributed by atoms with Crippen molar-refractivity contribution in [1.29, 1.82) is 0 Å². The highest BCUT2D eigenvalue weighted by Crippen LogP contribution is 2.17. The van der Waals surface area contributed by atoms with Crippen molar-refractivity contribution >= 4 is 23.1 Å². The zero-order valence-electron chi connectivity index (χ0n) is 7.92. The van der Waals surface area contributed by atoms with Crippen LogP contribution < -0.4 is 0 Å². The number of benzene rings is 1. The molecule has 1 aromatic carbocycles. The second-order valence-corrected chi connectivity index (χ2v) is 3.14. The monoisotopic (exact) mass is 210 g/mol. The molecule has 14 heavy (non-hydrogen) atoms. The molecule has 0 fully saturated rings. The molecular weight excluding hydrogens is 200 g/mol. The molecule has 0 atom stereocenters. The van der Waals surface area contributed by atoms with Gasteiger partial charge in [-0.1, -0.05) is 30.3 Å². The molecule has 0 aliphatic rings. The van der Waals surface area contributed by atoms with E-state index in [9.17, 15) is 4.79 Å². The minimum Gasteiger partial charge on any atom is -0.462 e. The van der Waals surface area contributed by atoms with Gasteiger partial charge in [-0.2, -0.15) is 0 Å². The van der Waals surface area contributed by atoms with E-state index in [1.54, 1.807) is 31.2 Å². The summed E-state index contributed by atoms with van der Waals surface area (Å²) in [5, 5.41) is 0.630. The summed E-state index contributed by atoms with van der Waals surface area (Å²) >= 11 is 5.71. The molecule has 0 aliphatic carbocycles. The molecule has 2 nitrogen and oxygen atoms in total. The maximum absolute atomic E-state index is 11.3. The minimum absolute atomic E-state index is 0.350. The van der Waals surface area contributed by atoms with Crippen molar-refractivity contribution in [2.75, 3.05) is 6.61 Å². The van der Waals surface area contributed by atoms with Crippen LogP contribution in [0.5, 0.6) is 0 Å². The lowest BCUT2D eigenvalue weighted by molar-refractivity contribution is -0.136. The predicted octanol–water partition coefficient (Wildman–Crippen LogP) is 2.92. The van der Waals surface area contributed by atoms with Crippen LogP contribution in [0.3, 0.4) is 0 Å². The van der Waals surface area contributed by atoms with E-state index in [1.807, 2.05) is 0 Å². The summed E-state index contributed by atoms with van der Waals surface area (Å²) in [5.74, 6) is -0.394. The minimum atomic E-state index is -0.394. The van der Waals surface area contributed by atoms with Gasteiger partial charge in [-0.25, -0.2) is 4.79 Å². The highest BCUT2D eigenvalue weighted by molar-refractivity contribution is 6.30. The summed E-state index contributed by atoms with van der Waals surface area (Å²) in [7, 11) is 0. The van der Waals surface area contributed by atoms with Crippen LogP contribution in [0.15, 0.2) is 30.8 Å². The van der Waals surface area contributed by atoms with E-state index in [1.165, 1.54) is 0 Å². The lowest BCUT2D eigenvalue weighted by Gasteiger charge is -2.04. The summed E-state index contributed by atoms with van der Waals surface area (Å²) in [4.78, 5) is 11.3. The zero-order valence-corrected chi connectivity index (χ0v) is 8.67. The van der Waals surface area contributed by atoms with Crippen LogP contribution in [0.2, 0.25) is 5.02 Å². The first kappa shape index (κ1) is 10.8. The Morgan fingerprint density at radius 3 is 2.50 bits per heavy atom. The van der Waals surface area contributed by atoms with Gasteiger partial charge in [0.25, 0.3) is 0 Å². The maximum Gasteiger partial charge on any atom is 0.338 e. The zero-order chi connectivity index (χ0) is 10.6. The molecule has 0 unspecified atom stereocenters. The Bertz CT molecular complexity index is 341. The molecule has 1 aromatic rings. The predicted molar refractivity (Wildman–Crippen MR) is 57.1 cm³/mol. The van der Waals surface area contributed by atoms with Crippen molar-refractivity contribution in [3.8, 4) is 0 Å². The van der Waals surface area contributed by atoms with Crippen LogP contribution in [0, 0.1) is 0 Å². The van der Waals surface area contributed by atoms with E-state index in [0.29, 0.717) is 17.2 Å². The lowest BCUT2D eigenvalue weighted by atomic mass is 10.1. The van der Waals surface area contributed by atoms with E-state index >= 15 is 0 Å². The number of carbonyl (C=O) groups excluding carboxylic acids is 1.